The first kappa shape index (κ1) is 19.2. The van der Waals surface area contributed by atoms with E-state index in [-0.39, 0.29) is 12.2 Å². The van der Waals surface area contributed by atoms with Gasteiger partial charge < -0.3 is 19.3 Å². The highest BCUT2D eigenvalue weighted by atomic mass is 16.5. The number of aliphatic hydroxyl groups is 1. The summed E-state index contributed by atoms with van der Waals surface area (Å²) in [4.78, 5) is 2.26. The fourth-order valence-electron chi connectivity index (χ4n) is 2.92. The maximum atomic E-state index is 10.3. The first-order valence-electron chi connectivity index (χ1n) is 8.83. The number of methoxy groups -OCH3 is 1. The van der Waals surface area contributed by atoms with Gasteiger partial charge in [-0.3, -0.25) is 4.90 Å². The molecule has 24 heavy (non-hydrogen) atoms. The van der Waals surface area contributed by atoms with Gasteiger partial charge in [0.2, 0.25) is 0 Å². The fraction of sp³-hybridized carbons (Fsp3) is 0.684. The van der Waals surface area contributed by atoms with E-state index >= 15 is 0 Å². The van der Waals surface area contributed by atoms with E-state index in [1.165, 1.54) is 5.56 Å². The molecule has 0 aromatic heterocycles. The molecule has 0 amide bonds. The molecule has 0 bridgehead atoms. The van der Waals surface area contributed by atoms with Crippen molar-refractivity contribution in [3.05, 3.63) is 29.8 Å². The molecule has 0 unspecified atom stereocenters. The van der Waals surface area contributed by atoms with Crippen molar-refractivity contribution < 1.29 is 19.3 Å². The average Bonchev–Trinajstić information content (AvgIpc) is 3.06. The number of ether oxygens (including phenoxy) is 3. The lowest BCUT2D eigenvalue weighted by molar-refractivity contribution is -0.0172. The largest absolute Gasteiger partial charge is 0.497 e. The van der Waals surface area contributed by atoms with E-state index in [0.717, 1.165) is 38.3 Å². The molecule has 136 valence electrons. The number of hydrogen-bond acceptors (Lipinski definition) is 5. The summed E-state index contributed by atoms with van der Waals surface area (Å²) < 4.78 is 16.5. The summed E-state index contributed by atoms with van der Waals surface area (Å²) >= 11 is 0. The van der Waals surface area contributed by atoms with E-state index in [4.69, 9.17) is 14.2 Å². The van der Waals surface area contributed by atoms with Crippen LogP contribution in [0, 0.1) is 0 Å². The lowest BCUT2D eigenvalue weighted by Gasteiger charge is -2.27. The van der Waals surface area contributed by atoms with E-state index in [1.807, 2.05) is 26.0 Å². The summed E-state index contributed by atoms with van der Waals surface area (Å²) in [6.07, 6.45) is 2.12. The summed E-state index contributed by atoms with van der Waals surface area (Å²) in [5, 5.41) is 10.3. The predicted octanol–water partition coefficient (Wildman–Crippen LogP) is 2.46. The number of nitrogens with zero attached hydrogens (tertiary/aromatic N) is 1. The standard InChI is InChI=1S/C19H31NO4/c1-15(2)24-14-17(21)12-20(13-19-5-4-10-23-19)11-16-6-8-18(22-3)9-7-16/h6-9,15,17,19,21H,4-5,10-14H2,1-3H3/t17-,19+/m0/s1. The third kappa shape index (κ3) is 6.77. The van der Waals surface area contributed by atoms with Crippen LogP contribution in [-0.4, -0.2) is 61.7 Å². The number of benzene rings is 1. The van der Waals surface area contributed by atoms with Gasteiger partial charge >= 0.3 is 0 Å². The summed E-state index contributed by atoms with van der Waals surface area (Å²) in [5.41, 5.74) is 1.20. The lowest BCUT2D eigenvalue weighted by atomic mass is 10.1. The SMILES string of the molecule is COc1ccc(CN(C[C@H](O)COC(C)C)C[C@H]2CCCO2)cc1. The van der Waals surface area contributed by atoms with Crippen molar-refractivity contribution in [1.82, 2.24) is 4.90 Å². The number of aliphatic hydroxyl groups excluding tert-OH is 1. The highest BCUT2D eigenvalue weighted by Crippen LogP contribution is 2.17. The molecule has 1 fully saturated rings. The molecule has 0 aliphatic carbocycles. The van der Waals surface area contributed by atoms with Crippen molar-refractivity contribution in [2.24, 2.45) is 0 Å². The second-order valence-electron chi connectivity index (χ2n) is 6.71. The first-order valence-corrected chi connectivity index (χ1v) is 8.83. The summed E-state index contributed by atoms with van der Waals surface area (Å²) in [6.45, 7) is 7.37. The molecular formula is C19H31NO4. The molecule has 1 aliphatic heterocycles. The van der Waals surface area contributed by atoms with E-state index in [9.17, 15) is 5.11 Å². The van der Waals surface area contributed by atoms with Gasteiger partial charge in [-0.05, 0) is 44.4 Å². The molecule has 1 N–H and O–H groups in total. The monoisotopic (exact) mass is 337 g/mol. The van der Waals surface area contributed by atoms with Crippen LogP contribution in [0.15, 0.2) is 24.3 Å². The molecule has 1 aromatic carbocycles. The highest BCUT2D eigenvalue weighted by molar-refractivity contribution is 5.27. The quantitative estimate of drug-likeness (QED) is 0.711. The Morgan fingerprint density at radius 2 is 2.04 bits per heavy atom. The molecule has 1 saturated heterocycles. The Labute approximate surface area is 145 Å². The number of rotatable bonds is 10. The molecule has 0 saturated carbocycles. The van der Waals surface area contributed by atoms with Crippen molar-refractivity contribution in [3.8, 4) is 5.75 Å². The lowest BCUT2D eigenvalue weighted by Crippen LogP contribution is -2.39. The second-order valence-corrected chi connectivity index (χ2v) is 6.71. The molecule has 1 heterocycles. The molecule has 1 aromatic rings. The van der Waals surface area contributed by atoms with E-state index in [2.05, 4.69) is 17.0 Å². The third-order valence-corrected chi connectivity index (χ3v) is 4.14. The van der Waals surface area contributed by atoms with Crippen LogP contribution in [0.5, 0.6) is 5.75 Å². The Morgan fingerprint density at radius 1 is 1.29 bits per heavy atom. The Bertz CT molecular complexity index is 457. The molecule has 2 rings (SSSR count). The van der Waals surface area contributed by atoms with Gasteiger partial charge in [-0.15, -0.1) is 0 Å². The zero-order chi connectivity index (χ0) is 17.4. The summed E-state index contributed by atoms with van der Waals surface area (Å²) in [5.74, 6) is 0.856. The van der Waals surface area contributed by atoms with Gasteiger partial charge in [0.25, 0.3) is 0 Å². The van der Waals surface area contributed by atoms with Crippen LogP contribution in [0.2, 0.25) is 0 Å². The second kappa shape index (κ2) is 9.99. The molecule has 0 radical (unpaired) electrons. The van der Waals surface area contributed by atoms with Crippen LogP contribution in [-0.2, 0) is 16.0 Å². The Balaban J connectivity index is 1.92. The molecule has 0 spiro atoms. The molecule has 2 atom stereocenters. The molecule has 1 aliphatic rings. The van der Waals surface area contributed by atoms with Crippen LogP contribution in [0.25, 0.3) is 0 Å². The zero-order valence-electron chi connectivity index (χ0n) is 15.1. The zero-order valence-corrected chi connectivity index (χ0v) is 15.1. The minimum absolute atomic E-state index is 0.132. The van der Waals surface area contributed by atoms with Crippen LogP contribution in [0.3, 0.4) is 0 Å². The van der Waals surface area contributed by atoms with Crippen molar-refractivity contribution in [2.45, 2.75) is 51.5 Å². The third-order valence-electron chi connectivity index (χ3n) is 4.14. The molecule has 5 nitrogen and oxygen atoms in total. The highest BCUT2D eigenvalue weighted by Gasteiger charge is 2.21. The minimum atomic E-state index is -0.493. The molecular weight excluding hydrogens is 306 g/mol. The summed E-state index contributed by atoms with van der Waals surface area (Å²) in [6, 6.07) is 8.08. The maximum absolute atomic E-state index is 10.3. The summed E-state index contributed by atoms with van der Waals surface area (Å²) in [7, 11) is 1.67. The predicted molar refractivity (Wildman–Crippen MR) is 94.3 cm³/mol. The number of hydrogen-bond donors (Lipinski definition) is 1. The van der Waals surface area contributed by atoms with Gasteiger partial charge in [0.1, 0.15) is 5.75 Å². The van der Waals surface area contributed by atoms with Gasteiger partial charge in [-0.2, -0.15) is 0 Å². The maximum Gasteiger partial charge on any atom is 0.118 e. The smallest absolute Gasteiger partial charge is 0.118 e. The minimum Gasteiger partial charge on any atom is -0.497 e. The Morgan fingerprint density at radius 3 is 2.62 bits per heavy atom. The average molecular weight is 337 g/mol. The van der Waals surface area contributed by atoms with Crippen LogP contribution >= 0.6 is 0 Å². The van der Waals surface area contributed by atoms with E-state index in [0.29, 0.717) is 13.2 Å². The molecule has 5 heteroatoms. The normalized spacial score (nSPS) is 19.2. The van der Waals surface area contributed by atoms with Crippen LogP contribution < -0.4 is 4.74 Å². The first-order chi connectivity index (χ1) is 11.6. The Hall–Kier alpha value is -1.14. The van der Waals surface area contributed by atoms with Gasteiger partial charge in [0.15, 0.2) is 0 Å². The van der Waals surface area contributed by atoms with Crippen LogP contribution in [0.1, 0.15) is 32.3 Å². The van der Waals surface area contributed by atoms with Crippen molar-refractivity contribution in [1.29, 1.82) is 0 Å². The van der Waals surface area contributed by atoms with Crippen LogP contribution in [0.4, 0.5) is 0 Å². The van der Waals surface area contributed by atoms with Gasteiger partial charge in [-0.1, -0.05) is 12.1 Å². The topological polar surface area (TPSA) is 51.2 Å². The fourth-order valence-corrected chi connectivity index (χ4v) is 2.92. The Kier molecular flexibility index (Phi) is 7.99. The van der Waals surface area contributed by atoms with E-state index < -0.39 is 6.10 Å². The van der Waals surface area contributed by atoms with Gasteiger partial charge in [0.05, 0.1) is 32.0 Å². The van der Waals surface area contributed by atoms with Gasteiger partial charge in [0, 0.05) is 26.2 Å². The van der Waals surface area contributed by atoms with Gasteiger partial charge in [-0.25, -0.2) is 0 Å². The van der Waals surface area contributed by atoms with Crippen molar-refractivity contribution >= 4 is 0 Å². The van der Waals surface area contributed by atoms with E-state index in [1.54, 1.807) is 7.11 Å². The van der Waals surface area contributed by atoms with Crippen molar-refractivity contribution in [2.75, 3.05) is 33.4 Å². The van der Waals surface area contributed by atoms with Crippen molar-refractivity contribution in [3.63, 3.8) is 0 Å².